The van der Waals surface area contributed by atoms with E-state index >= 15 is 0 Å². The van der Waals surface area contributed by atoms with Crippen LogP contribution in [-0.4, -0.2) is 17.4 Å². The lowest BCUT2D eigenvalue weighted by molar-refractivity contribution is -0.160. The van der Waals surface area contributed by atoms with Gasteiger partial charge in [-0.3, -0.25) is 9.59 Å². The molecule has 0 unspecified atom stereocenters. The molecule has 1 aromatic heterocycles. The number of hydrogen-bond acceptors (Lipinski definition) is 4. The molecule has 0 N–H and O–H groups in total. The highest BCUT2D eigenvalue weighted by atomic mass is 16.6. The average molecular weight is 463 g/mol. The van der Waals surface area contributed by atoms with Gasteiger partial charge in [0.1, 0.15) is 22.9 Å². The van der Waals surface area contributed by atoms with E-state index < -0.39 is 0 Å². The normalized spacial score (nSPS) is 41.5. The monoisotopic (exact) mass is 462 g/mol. The summed E-state index contributed by atoms with van der Waals surface area (Å²) >= 11 is 0. The van der Waals surface area contributed by atoms with E-state index in [1.807, 2.05) is 0 Å². The zero-order chi connectivity index (χ0) is 24.1. The van der Waals surface area contributed by atoms with Gasteiger partial charge in [0.2, 0.25) is 0 Å². The number of allylic oxidation sites excluding steroid dienone is 4. The second-order valence-corrected chi connectivity index (χ2v) is 13.1. The molecule has 182 valence electrons. The first-order chi connectivity index (χ1) is 16.0. The molecule has 4 nitrogen and oxygen atoms in total. The third kappa shape index (κ3) is 2.89. The Hall–Kier alpha value is -2.10. The molecular formula is C30H38O4. The van der Waals surface area contributed by atoms with Gasteiger partial charge in [0, 0.05) is 41.4 Å². The topological polar surface area (TPSA) is 56.5 Å². The Bertz CT molecular complexity index is 1130. The van der Waals surface area contributed by atoms with Crippen LogP contribution in [0.2, 0.25) is 0 Å². The molecule has 1 aromatic rings. The summed E-state index contributed by atoms with van der Waals surface area (Å²) in [5.41, 5.74) is 2.32. The number of rotatable bonds is 1. The lowest BCUT2D eigenvalue weighted by atomic mass is 9.49. The van der Waals surface area contributed by atoms with Gasteiger partial charge in [0.05, 0.1) is 0 Å². The molecule has 0 bridgehead atoms. The lowest BCUT2D eigenvalue weighted by Gasteiger charge is -2.56. The molecule has 6 rings (SSSR count). The minimum atomic E-state index is -0.325. The SMILES string of the molecule is CC(C)(C)c1ccc([C@@H]2C=C3CC(=O)CC[C@]3(C)C3=CC[C@@]4(C)[C@@H](CC[C@@]45CCC(=O)O5)[C@@H]32)o1. The van der Waals surface area contributed by atoms with Crippen molar-refractivity contribution >= 4 is 11.8 Å². The maximum atomic E-state index is 12.5. The Balaban J connectivity index is 1.49. The minimum Gasteiger partial charge on any atom is -0.465 e. The number of furan rings is 1. The first-order valence-electron chi connectivity index (χ1n) is 13.2. The summed E-state index contributed by atoms with van der Waals surface area (Å²) in [7, 11) is 0. The predicted octanol–water partition coefficient (Wildman–Crippen LogP) is 6.80. The van der Waals surface area contributed by atoms with Gasteiger partial charge < -0.3 is 9.15 Å². The minimum absolute atomic E-state index is 0.0300. The fourth-order valence-electron chi connectivity index (χ4n) is 8.29. The number of fused-ring (bicyclic) bond motifs is 6. The predicted molar refractivity (Wildman–Crippen MR) is 130 cm³/mol. The Kier molecular flexibility index (Phi) is 4.59. The number of esters is 1. The van der Waals surface area contributed by atoms with Crippen LogP contribution in [0.25, 0.3) is 0 Å². The van der Waals surface area contributed by atoms with Gasteiger partial charge in [-0.05, 0) is 56.1 Å². The second kappa shape index (κ2) is 6.98. The van der Waals surface area contributed by atoms with Crippen molar-refractivity contribution in [3.05, 3.63) is 47.0 Å². The van der Waals surface area contributed by atoms with Crippen LogP contribution >= 0.6 is 0 Å². The molecule has 4 heteroatoms. The molecule has 6 atom stereocenters. The molecule has 2 saturated carbocycles. The third-order valence-electron chi connectivity index (χ3n) is 10.4. The number of ketones is 1. The Morgan fingerprint density at radius 2 is 1.82 bits per heavy atom. The molecule has 34 heavy (non-hydrogen) atoms. The number of hydrogen-bond donors (Lipinski definition) is 0. The van der Waals surface area contributed by atoms with E-state index in [0.717, 1.165) is 43.6 Å². The van der Waals surface area contributed by atoms with Gasteiger partial charge in [-0.2, -0.15) is 0 Å². The number of carbonyl (C=O) groups is 2. The summed E-state index contributed by atoms with van der Waals surface area (Å²) in [5.74, 6) is 3.21. The summed E-state index contributed by atoms with van der Waals surface area (Å²) in [6.45, 7) is 11.3. The molecule has 1 aliphatic heterocycles. The van der Waals surface area contributed by atoms with E-state index in [9.17, 15) is 9.59 Å². The molecule has 2 heterocycles. The first kappa shape index (κ1) is 22.4. The summed E-state index contributed by atoms with van der Waals surface area (Å²) < 4.78 is 12.7. The summed E-state index contributed by atoms with van der Waals surface area (Å²) in [5, 5.41) is 0. The largest absolute Gasteiger partial charge is 0.465 e. The van der Waals surface area contributed by atoms with Crippen molar-refractivity contribution < 1.29 is 18.7 Å². The van der Waals surface area contributed by atoms with E-state index in [1.54, 1.807) is 0 Å². The molecule has 0 aromatic carbocycles. The average Bonchev–Trinajstić information content (AvgIpc) is 3.47. The molecular weight excluding hydrogens is 424 g/mol. The zero-order valence-electron chi connectivity index (χ0n) is 21.3. The fourth-order valence-corrected chi connectivity index (χ4v) is 8.29. The number of carbonyl (C=O) groups excluding carboxylic acids is 2. The lowest BCUT2D eigenvalue weighted by Crippen LogP contribution is -2.51. The van der Waals surface area contributed by atoms with E-state index in [2.05, 4.69) is 58.9 Å². The highest BCUT2D eigenvalue weighted by Gasteiger charge is 2.66. The van der Waals surface area contributed by atoms with Crippen LogP contribution in [0.4, 0.5) is 0 Å². The van der Waals surface area contributed by atoms with E-state index in [4.69, 9.17) is 9.15 Å². The highest BCUT2D eigenvalue weighted by molar-refractivity contribution is 5.83. The van der Waals surface area contributed by atoms with Crippen LogP contribution in [0.3, 0.4) is 0 Å². The van der Waals surface area contributed by atoms with Gasteiger partial charge in [0.15, 0.2) is 0 Å². The van der Waals surface area contributed by atoms with Gasteiger partial charge in [-0.25, -0.2) is 0 Å². The Morgan fingerprint density at radius 1 is 1.03 bits per heavy atom. The van der Waals surface area contributed by atoms with Crippen LogP contribution in [0.1, 0.15) is 103 Å². The fraction of sp³-hybridized carbons (Fsp3) is 0.667. The Morgan fingerprint density at radius 3 is 2.50 bits per heavy atom. The van der Waals surface area contributed by atoms with Crippen molar-refractivity contribution in [2.45, 2.75) is 103 Å². The van der Waals surface area contributed by atoms with Crippen molar-refractivity contribution in [2.75, 3.05) is 0 Å². The molecule has 1 spiro atoms. The molecule has 0 amide bonds. The standard InChI is InChI=1S/C30H38O4/c1-27(2,3)24-7-6-23(33-24)20-17-18-16-19(31)8-12-28(18,4)21-9-13-29(5)22(26(20)21)10-14-30(29)15-11-25(32)34-30/h6-7,9,17,20,22,26H,8,10-16H2,1-5H3/t20-,22-,26+,28-,29-,30+/m0/s1. The highest BCUT2D eigenvalue weighted by Crippen LogP contribution is 2.69. The maximum absolute atomic E-state index is 12.5. The van der Waals surface area contributed by atoms with Gasteiger partial charge in [-0.15, -0.1) is 0 Å². The summed E-state index contributed by atoms with van der Waals surface area (Å²) in [4.78, 5) is 24.8. The molecule has 3 fully saturated rings. The number of Topliss-reactive ketones (excluding diaryl/α,β-unsaturated/α-hetero) is 1. The van der Waals surface area contributed by atoms with E-state index in [-0.39, 0.29) is 33.7 Å². The van der Waals surface area contributed by atoms with Gasteiger partial charge in [0.25, 0.3) is 0 Å². The third-order valence-corrected chi connectivity index (χ3v) is 10.4. The van der Waals surface area contributed by atoms with Crippen LogP contribution in [0.5, 0.6) is 0 Å². The van der Waals surface area contributed by atoms with Gasteiger partial charge >= 0.3 is 5.97 Å². The summed E-state index contributed by atoms with van der Waals surface area (Å²) in [6.07, 6.45) is 11.4. The molecule has 1 saturated heterocycles. The van der Waals surface area contributed by atoms with Crippen molar-refractivity contribution in [1.82, 2.24) is 0 Å². The van der Waals surface area contributed by atoms with Crippen molar-refractivity contribution in [1.29, 1.82) is 0 Å². The summed E-state index contributed by atoms with van der Waals surface area (Å²) in [6, 6.07) is 4.30. The number of ether oxygens (including phenoxy) is 1. The van der Waals surface area contributed by atoms with Crippen LogP contribution in [0.15, 0.2) is 39.8 Å². The first-order valence-corrected chi connectivity index (χ1v) is 13.2. The van der Waals surface area contributed by atoms with Crippen LogP contribution < -0.4 is 0 Å². The van der Waals surface area contributed by atoms with Gasteiger partial charge in [-0.1, -0.05) is 57.9 Å². The molecule has 4 aliphatic carbocycles. The van der Waals surface area contributed by atoms with E-state index in [0.29, 0.717) is 36.9 Å². The maximum Gasteiger partial charge on any atom is 0.306 e. The van der Waals surface area contributed by atoms with Crippen LogP contribution in [0, 0.1) is 22.7 Å². The van der Waals surface area contributed by atoms with Crippen LogP contribution in [-0.2, 0) is 19.7 Å². The van der Waals surface area contributed by atoms with Crippen molar-refractivity contribution in [2.24, 2.45) is 22.7 Å². The van der Waals surface area contributed by atoms with E-state index in [1.165, 1.54) is 11.1 Å². The quantitative estimate of drug-likeness (QED) is 0.340. The van der Waals surface area contributed by atoms with Crippen molar-refractivity contribution in [3.63, 3.8) is 0 Å². The second-order valence-electron chi connectivity index (χ2n) is 13.1. The smallest absolute Gasteiger partial charge is 0.306 e. The molecule has 0 radical (unpaired) electrons. The zero-order valence-corrected chi connectivity index (χ0v) is 21.3. The van der Waals surface area contributed by atoms with Crippen molar-refractivity contribution in [3.8, 4) is 0 Å². The Labute approximate surface area is 203 Å². The molecule has 5 aliphatic rings.